The van der Waals surface area contributed by atoms with Gasteiger partial charge in [0, 0.05) is 19.2 Å². The van der Waals surface area contributed by atoms with Crippen LogP contribution in [0.1, 0.15) is 25.0 Å². The molecular formula is C23H23N3O8. The van der Waals surface area contributed by atoms with Gasteiger partial charge in [-0.05, 0) is 49.2 Å². The standard InChI is InChI=1S/C23H23N3O8/c1-4-25(5-2)22(28)17(13-24)10-16-11-19(26(30)31)21(27)20(12-16)34-23(29)33-14-15-6-8-18(32-3)9-7-15/h6-12,27H,4-5,14H2,1-3H3/b17-10+. The first-order valence-corrected chi connectivity index (χ1v) is 10.1. The number of carbonyl (C=O) groups is 2. The number of carbonyl (C=O) groups excluding carboxylic acids is 2. The summed E-state index contributed by atoms with van der Waals surface area (Å²) in [4.78, 5) is 36.5. The highest BCUT2D eigenvalue weighted by Crippen LogP contribution is 2.38. The van der Waals surface area contributed by atoms with Gasteiger partial charge in [-0.2, -0.15) is 5.26 Å². The Hall–Kier alpha value is -4.59. The van der Waals surface area contributed by atoms with E-state index in [0.29, 0.717) is 24.4 Å². The predicted molar refractivity (Wildman–Crippen MR) is 120 cm³/mol. The fraction of sp³-hybridized carbons (Fsp3) is 0.261. The maximum absolute atomic E-state index is 12.5. The van der Waals surface area contributed by atoms with Gasteiger partial charge in [0.05, 0.1) is 12.0 Å². The van der Waals surface area contributed by atoms with Crippen LogP contribution >= 0.6 is 0 Å². The lowest BCUT2D eigenvalue weighted by molar-refractivity contribution is -0.385. The van der Waals surface area contributed by atoms with E-state index in [2.05, 4.69) is 0 Å². The number of amides is 1. The summed E-state index contributed by atoms with van der Waals surface area (Å²) >= 11 is 0. The normalized spacial score (nSPS) is 10.7. The van der Waals surface area contributed by atoms with Gasteiger partial charge in [-0.15, -0.1) is 0 Å². The third-order valence-corrected chi connectivity index (χ3v) is 4.70. The molecule has 0 spiro atoms. The van der Waals surface area contributed by atoms with E-state index in [1.807, 2.05) is 0 Å². The number of hydrogen-bond donors (Lipinski definition) is 1. The summed E-state index contributed by atoms with van der Waals surface area (Å²) in [5.74, 6) is -1.42. The van der Waals surface area contributed by atoms with Crippen molar-refractivity contribution >= 4 is 23.8 Å². The lowest BCUT2D eigenvalue weighted by Crippen LogP contribution is -2.31. The molecule has 11 nitrogen and oxygen atoms in total. The first kappa shape index (κ1) is 25.7. The second-order valence-electron chi connectivity index (χ2n) is 6.78. The number of ether oxygens (including phenoxy) is 3. The van der Waals surface area contributed by atoms with Crippen molar-refractivity contribution in [2.24, 2.45) is 0 Å². The van der Waals surface area contributed by atoms with Crippen molar-refractivity contribution in [1.82, 2.24) is 4.90 Å². The van der Waals surface area contributed by atoms with Crippen molar-refractivity contribution in [3.63, 3.8) is 0 Å². The van der Waals surface area contributed by atoms with Crippen LogP contribution in [0.4, 0.5) is 10.5 Å². The molecule has 0 aromatic heterocycles. The average molecular weight is 469 g/mol. The van der Waals surface area contributed by atoms with E-state index < -0.39 is 34.2 Å². The van der Waals surface area contributed by atoms with Gasteiger partial charge >= 0.3 is 11.8 Å². The Bertz CT molecular complexity index is 1130. The lowest BCUT2D eigenvalue weighted by atomic mass is 10.1. The first-order chi connectivity index (χ1) is 16.2. The molecule has 34 heavy (non-hydrogen) atoms. The quantitative estimate of drug-likeness (QED) is 0.144. The largest absolute Gasteiger partial charge is 0.514 e. The number of phenolic OH excluding ortho intramolecular Hbond substituents is 1. The summed E-state index contributed by atoms with van der Waals surface area (Å²) in [6.07, 6.45) is -0.107. The highest BCUT2D eigenvalue weighted by Gasteiger charge is 2.23. The molecule has 0 unspecified atom stereocenters. The fourth-order valence-electron chi connectivity index (χ4n) is 2.89. The third kappa shape index (κ3) is 6.46. The molecule has 0 atom stereocenters. The van der Waals surface area contributed by atoms with Crippen LogP contribution in [0.15, 0.2) is 42.0 Å². The summed E-state index contributed by atoms with van der Waals surface area (Å²) in [7, 11) is 1.51. The van der Waals surface area contributed by atoms with E-state index in [1.54, 1.807) is 44.2 Å². The number of nitriles is 1. The van der Waals surface area contributed by atoms with Crippen LogP contribution in [0.3, 0.4) is 0 Å². The molecule has 2 aromatic carbocycles. The lowest BCUT2D eigenvalue weighted by Gasteiger charge is -2.17. The Morgan fingerprint density at radius 3 is 2.38 bits per heavy atom. The SMILES string of the molecule is CCN(CC)C(=O)/C(C#N)=C/c1cc(OC(=O)OCc2ccc(OC)cc2)c(O)c([N+](=O)[O-])c1. The fourth-order valence-corrected chi connectivity index (χ4v) is 2.89. The van der Waals surface area contributed by atoms with Gasteiger partial charge in [-0.3, -0.25) is 14.9 Å². The summed E-state index contributed by atoms with van der Waals surface area (Å²) in [5, 5.41) is 31.0. The van der Waals surface area contributed by atoms with E-state index in [4.69, 9.17) is 14.2 Å². The van der Waals surface area contributed by atoms with Gasteiger partial charge in [0.1, 0.15) is 24.0 Å². The Morgan fingerprint density at radius 2 is 1.85 bits per heavy atom. The average Bonchev–Trinajstić information content (AvgIpc) is 2.83. The number of phenols is 1. The zero-order chi connectivity index (χ0) is 25.3. The molecule has 2 rings (SSSR count). The number of nitrogens with zero attached hydrogens (tertiary/aromatic N) is 3. The molecule has 0 saturated heterocycles. The molecule has 0 saturated carbocycles. The summed E-state index contributed by atoms with van der Waals surface area (Å²) in [6, 6.07) is 10.5. The Morgan fingerprint density at radius 1 is 1.21 bits per heavy atom. The van der Waals surface area contributed by atoms with Crippen molar-refractivity contribution in [2.75, 3.05) is 20.2 Å². The highest BCUT2D eigenvalue weighted by molar-refractivity contribution is 6.01. The number of nitro groups is 1. The van der Waals surface area contributed by atoms with Crippen LogP contribution in [-0.4, -0.2) is 47.2 Å². The monoisotopic (exact) mass is 469 g/mol. The predicted octanol–water partition coefficient (Wildman–Crippen LogP) is 3.80. The molecule has 1 N–H and O–H groups in total. The van der Waals surface area contributed by atoms with E-state index in [1.165, 1.54) is 12.0 Å². The summed E-state index contributed by atoms with van der Waals surface area (Å²) in [6.45, 7) is 4.04. The van der Waals surface area contributed by atoms with Gasteiger partial charge in [0.25, 0.3) is 5.91 Å². The maximum Gasteiger partial charge on any atom is 0.514 e. The van der Waals surface area contributed by atoms with E-state index >= 15 is 0 Å². The Kier molecular flexibility index (Phi) is 8.96. The number of methoxy groups -OCH3 is 1. The van der Waals surface area contributed by atoms with Gasteiger partial charge in [-0.25, -0.2) is 4.79 Å². The highest BCUT2D eigenvalue weighted by atomic mass is 16.7. The maximum atomic E-state index is 12.5. The third-order valence-electron chi connectivity index (χ3n) is 4.70. The smallest absolute Gasteiger partial charge is 0.499 e. The number of rotatable bonds is 9. The van der Waals surface area contributed by atoms with Crippen LogP contribution in [0.25, 0.3) is 6.08 Å². The zero-order valence-corrected chi connectivity index (χ0v) is 18.8. The number of benzene rings is 2. The molecule has 0 aliphatic heterocycles. The molecule has 0 fully saturated rings. The van der Waals surface area contributed by atoms with Gasteiger partial charge < -0.3 is 24.2 Å². The van der Waals surface area contributed by atoms with E-state index in [9.17, 15) is 30.1 Å². The van der Waals surface area contributed by atoms with Crippen LogP contribution in [0.2, 0.25) is 0 Å². The van der Waals surface area contributed by atoms with E-state index in [0.717, 1.165) is 18.2 Å². The minimum absolute atomic E-state index is 0.000453. The molecule has 0 bridgehead atoms. The van der Waals surface area contributed by atoms with E-state index in [-0.39, 0.29) is 17.7 Å². The van der Waals surface area contributed by atoms with Crippen molar-refractivity contribution in [1.29, 1.82) is 5.26 Å². The first-order valence-electron chi connectivity index (χ1n) is 10.1. The molecule has 178 valence electrons. The molecule has 11 heteroatoms. The molecule has 0 aliphatic rings. The second kappa shape index (κ2) is 11.9. The minimum atomic E-state index is -1.22. The van der Waals surface area contributed by atoms with Crippen molar-refractivity contribution in [2.45, 2.75) is 20.5 Å². The van der Waals surface area contributed by atoms with Gasteiger partial charge in [-0.1, -0.05) is 12.1 Å². The Balaban J connectivity index is 2.29. The van der Waals surface area contributed by atoms with Crippen molar-refractivity contribution in [3.05, 3.63) is 63.2 Å². The van der Waals surface area contributed by atoms with Crippen LogP contribution in [0, 0.1) is 21.4 Å². The molecule has 0 aliphatic carbocycles. The Labute approximate surface area is 195 Å². The molecule has 0 heterocycles. The van der Waals surface area contributed by atoms with Gasteiger partial charge in [0.2, 0.25) is 5.75 Å². The van der Waals surface area contributed by atoms with Gasteiger partial charge in [0.15, 0.2) is 5.75 Å². The van der Waals surface area contributed by atoms with Crippen molar-refractivity contribution < 1.29 is 33.8 Å². The van der Waals surface area contributed by atoms with Crippen LogP contribution in [-0.2, 0) is 16.1 Å². The molecular weight excluding hydrogens is 446 g/mol. The topological polar surface area (TPSA) is 152 Å². The van der Waals surface area contributed by atoms with Crippen molar-refractivity contribution in [3.8, 4) is 23.3 Å². The molecule has 2 aromatic rings. The second-order valence-corrected chi connectivity index (χ2v) is 6.78. The minimum Gasteiger partial charge on any atom is -0.499 e. The number of aromatic hydroxyl groups is 1. The summed E-state index contributed by atoms with van der Waals surface area (Å²) < 4.78 is 15.0. The number of hydrogen-bond acceptors (Lipinski definition) is 9. The number of nitro benzene ring substituents is 1. The molecule has 1 amide bonds. The summed E-state index contributed by atoms with van der Waals surface area (Å²) in [5.41, 5.74) is -0.436. The zero-order valence-electron chi connectivity index (χ0n) is 18.8. The van der Waals surface area contributed by atoms with Crippen LogP contribution in [0.5, 0.6) is 17.2 Å². The molecule has 0 radical (unpaired) electrons. The number of likely N-dealkylation sites (N-methyl/N-ethyl adjacent to an activating group) is 1. The van der Waals surface area contributed by atoms with Crippen LogP contribution < -0.4 is 9.47 Å².